The number of para-hydroxylation sites is 1. The van der Waals surface area contributed by atoms with Crippen LogP contribution < -0.4 is 9.46 Å². The third-order valence-electron chi connectivity index (χ3n) is 3.31. The predicted octanol–water partition coefficient (Wildman–Crippen LogP) is 4.28. The number of aromatic nitrogens is 1. The Bertz CT molecular complexity index is 934. The highest BCUT2D eigenvalue weighted by atomic mass is 35.5. The van der Waals surface area contributed by atoms with Crippen LogP contribution in [-0.2, 0) is 10.0 Å². The van der Waals surface area contributed by atoms with E-state index < -0.39 is 10.0 Å². The molecule has 0 spiro atoms. The minimum absolute atomic E-state index is 0.146. The Kier molecular flexibility index (Phi) is 5.21. The summed E-state index contributed by atoms with van der Waals surface area (Å²) in [7, 11) is -3.74. The Balaban J connectivity index is 1.72. The maximum Gasteiger partial charge on any atom is 0.262 e. The second kappa shape index (κ2) is 7.55. The first-order valence-corrected chi connectivity index (χ1v) is 9.35. The van der Waals surface area contributed by atoms with E-state index in [9.17, 15) is 8.42 Å². The fraction of sp³-hybridized carbons (Fsp3) is 0.0556. The summed E-state index contributed by atoms with van der Waals surface area (Å²) >= 11 is 5.75. The van der Waals surface area contributed by atoms with Crippen molar-refractivity contribution in [2.75, 3.05) is 4.72 Å². The van der Waals surface area contributed by atoms with Gasteiger partial charge in [-0.05, 0) is 48.9 Å². The van der Waals surface area contributed by atoms with Crippen molar-refractivity contribution >= 4 is 27.4 Å². The van der Waals surface area contributed by atoms with Crippen LogP contribution in [0.5, 0.6) is 5.75 Å². The van der Waals surface area contributed by atoms with Crippen molar-refractivity contribution in [1.82, 2.24) is 4.98 Å². The van der Waals surface area contributed by atoms with Crippen LogP contribution in [0.15, 0.2) is 83.6 Å². The minimum atomic E-state index is -3.74. The molecular weight excluding hydrogens is 360 g/mol. The van der Waals surface area contributed by atoms with Crippen LogP contribution in [0.4, 0.5) is 5.82 Å². The molecule has 0 saturated heterocycles. The summed E-state index contributed by atoms with van der Waals surface area (Å²) in [6.07, 6.45) is 8.35. The van der Waals surface area contributed by atoms with E-state index in [0.29, 0.717) is 23.0 Å². The van der Waals surface area contributed by atoms with Gasteiger partial charge in [-0.1, -0.05) is 35.9 Å². The van der Waals surface area contributed by atoms with E-state index in [-0.39, 0.29) is 10.7 Å². The molecule has 7 heteroatoms. The fourth-order valence-corrected chi connectivity index (χ4v) is 3.31. The summed E-state index contributed by atoms with van der Waals surface area (Å²) in [6, 6.07) is 12.4. The Morgan fingerprint density at radius 1 is 1.04 bits per heavy atom. The van der Waals surface area contributed by atoms with Crippen LogP contribution >= 0.6 is 11.6 Å². The molecule has 128 valence electrons. The van der Waals surface area contributed by atoms with Gasteiger partial charge in [-0.3, -0.25) is 4.72 Å². The van der Waals surface area contributed by atoms with Gasteiger partial charge in [-0.2, -0.15) is 0 Å². The Morgan fingerprint density at radius 2 is 1.84 bits per heavy atom. The van der Waals surface area contributed by atoms with Gasteiger partial charge >= 0.3 is 0 Å². The number of hydrogen-bond acceptors (Lipinski definition) is 4. The number of rotatable bonds is 5. The average Bonchev–Trinajstić information content (AvgIpc) is 2.84. The van der Waals surface area contributed by atoms with Crippen LogP contribution in [0, 0.1) is 0 Å². The predicted molar refractivity (Wildman–Crippen MR) is 98.8 cm³/mol. The van der Waals surface area contributed by atoms with Crippen molar-refractivity contribution in [3.63, 3.8) is 0 Å². The molecule has 0 amide bonds. The number of benzene rings is 1. The lowest BCUT2D eigenvalue weighted by Gasteiger charge is -2.07. The summed E-state index contributed by atoms with van der Waals surface area (Å²) in [5.41, 5.74) is 0. The van der Waals surface area contributed by atoms with Crippen molar-refractivity contribution in [1.29, 1.82) is 0 Å². The number of nitrogens with zero attached hydrogens (tertiary/aromatic N) is 1. The van der Waals surface area contributed by atoms with Gasteiger partial charge in [0.2, 0.25) is 0 Å². The molecule has 3 rings (SSSR count). The topological polar surface area (TPSA) is 68.3 Å². The number of anilines is 1. The number of halogens is 1. The number of pyridine rings is 1. The van der Waals surface area contributed by atoms with Crippen LogP contribution in [0.25, 0.3) is 0 Å². The highest BCUT2D eigenvalue weighted by molar-refractivity contribution is 7.96. The molecule has 2 aromatic rings. The van der Waals surface area contributed by atoms with Crippen LogP contribution in [0.1, 0.15) is 6.42 Å². The van der Waals surface area contributed by atoms with Crippen molar-refractivity contribution in [2.24, 2.45) is 0 Å². The van der Waals surface area contributed by atoms with E-state index in [4.69, 9.17) is 16.3 Å². The molecule has 1 aromatic heterocycles. The van der Waals surface area contributed by atoms with Crippen molar-refractivity contribution in [3.8, 4) is 5.75 Å². The summed E-state index contributed by atoms with van der Waals surface area (Å²) in [4.78, 5) is 4.09. The molecule has 5 nitrogen and oxygen atoms in total. The largest absolute Gasteiger partial charge is 0.458 e. The molecule has 1 heterocycles. The molecule has 1 aliphatic carbocycles. The van der Waals surface area contributed by atoms with Crippen LogP contribution in [0.2, 0.25) is 5.02 Å². The van der Waals surface area contributed by atoms with E-state index in [1.165, 1.54) is 18.3 Å². The number of nitrogens with one attached hydrogen (secondary N) is 1. The summed E-state index contributed by atoms with van der Waals surface area (Å²) in [5, 5.41) is 0.434. The van der Waals surface area contributed by atoms with E-state index >= 15 is 0 Å². The quantitative estimate of drug-likeness (QED) is 0.847. The zero-order chi connectivity index (χ0) is 17.7. The first-order chi connectivity index (χ1) is 12.0. The first-order valence-electron chi connectivity index (χ1n) is 7.49. The molecule has 0 bridgehead atoms. The first kappa shape index (κ1) is 17.3. The van der Waals surface area contributed by atoms with Gasteiger partial charge in [-0.25, -0.2) is 13.4 Å². The molecule has 0 aliphatic heterocycles. The molecule has 0 saturated carbocycles. The van der Waals surface area contributed by atoms with E-state index in [2.05, 4.69) is 9.71 Å². The van der Waals surface area contributed by atoms with Crippen molar-refractivity contribution < 1.29 is 13.2 Å². The van der Waals surface area contributed by atoms with Gasteiger partial charge in [0.05, 0.1) is 9.93 Å². The molecule has 1 N–H and O–H groups in total. The third-order valence-corrected chi connectivity index (χ3v) is 4.93. The lowest BCUT2D eigenvalue weighted by atomic mass is 10.3. The monoisotopic (exact) mass is 374 g/mol. The zero-order valence-electron chi connectivity index (χ0n) is 13.1. The molecule has 0 unspecified atom stereocenters. The van der Waals surface area contributed by atoms with E-state index in [0.717, 1.165) is 0 Å². The number of hydrogen-bond donors (Lipinski definition) is 1. The maximum absolute atomic E-state index is 12.5. The Labute approximate surface area is 151 Å². The summed E-state index contributed by atoms with van der Waals surface area (Å²) in [6.45, 7) is 0. The molecular formula is C18H15ClN2O3S. The average molecular weight is 375 g/mol. The standard InChI is InChI=1S/C18H15ClN2O3S/c19-14-9-12-18(20-13-14)21-25(22,23)17-8-4-7-16(10-11-17)24-15-5-2-1-3-6-15/h1-3,5-13H,4H2,(H,20,21). The molecule has 0 radical (unpaired) electrons. The lowest BCUT2D eigenvalue weighted by molar-refractivity contribution is 0.443. The van der Waals surface area contributed by atoms with Gasteiger partial charge in [0.1, 0.15) is 17.3 Å². The second-order valence-corrected chi connectivity index (χ2v) is 7.28. The Morgan fingerprint density at radius 3 is 2.56 bits per heavy atom. The summed E-state index contributed by atoms with van der Waals surface area (Å²) in [5.74, 6) is 1.47. The van der Waals surface area contributed by atoms with Crippen molar-refractivity contribution in [3.05, 3.63) is 88.7 Å². The highest BCUT2D eigenvalue weighted by Crippen LogP contribution is 2.21. The molecule has 0 fully saturated rings. The lowest BCUT2D eigenvalue weighted by Crippen LogP contribution is -2.14. The smallest absolute Gasteiger partial charge is 0.262 e. The minimum Gasteiger partial charge on any atom is -0.458 e. The number of sulfonamides is 1. The van der Waals surface area contributed by atoms with Gasteiger partial charge in [0.15, 0.2) is 0 Å². The van der Waals surface area contributed by atoms with Crippen LogP contribution in [0.3, 0.4) is 0 Å². The Hall–Kier alpha value is -2.57. The van der Waals surface area contributed by atoms with Crippen LogP contribution in [-0.4, -0.2) is 13.4 Å². The number of allylic oxidation sites excluding steroid dienone is 4. The molecule has 1 aromatic carbocycles. The highest BCUT2D eigenvalue weighted by Gasteiger charge is 2.17. The molecule has 25 heavy (non-hydrogen) atoms. The maximum atomic E-state index is 12.5. The van der Waals surface area contributed by atoms with E-state index in [1.54, 1.807) is 18.2 Å². The fourth-order valence-electron chi connectivity index (χ4n) is 2.12. The number of ether oxygens (including phenoxy) is 1. The van der Waals surface area contributed by atoms with Crippen molar-refractivity contribution in [2.45, 2.75) is 6.42 Å². The second-order valence-electron chi connectivity index (χ2n) is 5.16. The third kappa shape index (κ3) is 4.71. The van der Waals surface area contributed by atoms with Gasteiger partial charge in [0, 0.05) is 6.20 Å². The summed E-state index contributed by atoms with van der Waals surface area (Å²) < 4.78 is 33.1. The molecule has 1 aliphatic rings. The van der Waals surface area contributed by atoms with Gasteiger partial charge in [0.25, 0.3) is 10.0 Å². The van der Waals surface area contributed by atoms with Gasteiger partial charge < -0.3 is 4.74 Å². The zero-order valence-corrected chi connectivity index (χ0v) is 14.7. The molecule has 0 atom stereocenters. The SMILES string of the molecule is O=S(=O)(Nc1ccc(Cl)cn1)C1=CCC=C(Oc2ccccc2)C=C1. The van der Waals surface area contributed by atoms with Gasteiger partial charge in [-0.15, -0.1) is 0 Å². The normalized spacial score (nSPS) is 14.3. The van der Waals surface area contributed by atoms with E-state index in [1.807, 2.05) is 36.4 Å².